The smallest absolute Gasteiger partial charge is 0.118 e. The molecule has 0 radical (unpaired) electrons. The van der Waals surface area contributed by atoms with Gasteiger partial charge in [-0.15, -0.1) is 22.7 Å². The summed E-state index contributed by atoms with van der Waals surface area (Å²) in [7, 11) is 3.35. The van der Waals surface area contributed by atoms with Crippen LogP contribution in [0.2, 0.25) is 0 Å². The van der Waals surface area contributed by atoms with E-state index in [4.69, 9.17) is 19.4 Å². The van der Waals surface area contributed by atoms with Crippen molar-refractivity contribution in [3.05, 3.63) is 95.7 Å². The summed E-state index contributed by atoms with van der Waals surface area (Å²) < 4.78 is 10.8. The predicted octanol–water partition coefficient (Wildman–Crippen LogP) is 8.44. The van der Waals surface area contributed by atoms with Crippen LogP contribution in [0.4, 0.5) is 0 Å². The number of nitrogens with zero attached hydrogens (tertiary/aromatic N) is 2. The molecule has 0 aliphatic rings. The molecule has 36 heavy (non-hydrogen) atoms. The summed E-state index contributed by atoms with van der Waals surface area (Å²) in [6.45, 7) is 0. The summed E-state index contributed by atoms with van der Waals surface area (Å²) in [6.07, 6.45) is 0. The summed E-state index contributed by atoms with van der Waals surface area (Å²) in [5.74, 6) is 1.61. The number of rotatable bonds is 6. The molecule has 0 bridgehead atoms. The van der Waals surface area contributed by atoms with Crippen LogP contribution < -0.4 is 9.47 Å². The Morgan fingerprint density at radius 1 is 0.528 bits per heavy atom. The second-order valence-corrected chi connectivity index (χ2v) is 10.1. The summed E-state index contributed by atoms with van der Waals surface area (Å²) >= 11 is 3.42. The Bertz CT molecular complexity index is 1500. The van der Waals surface area contributed by atoms with E-state index in [1.807, 2.05) is 48.5 Å². The topological polar surface area (TPSA) is 44.2 Å². The number of benzene rings is 3. The number of ether oxygens (including phenoxy) is 2. The highest BCUT2D eigenvalue weighted by Crippen LogP contribution is 2.40. The van der Waals surface area contributed by atoms with Gasteiger partial charge in [-0.05, 0) is 71.4 Å². The maximum atomic E-state index is 5.39. The molecule has 3 aromatic heterocycles. The van der Waals surface area contributed by atoms with E-state index in [0.29, 0.717) is 0 Å². The van der Waals surface area contributed by atoms with Crippen LogP contribution in [0.15, 0.2) is 95.7 Å². The molecule has 0 saturated heterocycles. The number of hydrogen-bond donors (Lipinski definition) is 0. The van der Waals surface area contributed by atoms with Crippen LogP contribution in [0.1, 0.15) is 0 Å². The van der Waals surface area contributed by atoms with E-state index in [9.17, 15) is 0 Å². The number of fused-ring (bicyclic) bond motifs is 1. The standard InChI is InChI=1S/C30H22N2O2S2/c1-33-21-11-7-19(8-12-21)27-28(20-9-13-22(34-2)14-10-20)32-30-24(26-6-4-18-36-26)16-15-23(29(30)31-27)25-5-3-17-35-25/h3-18H,1-2H3. The zero-order valence-corrected chi connectivity index (χ0v) is 21.4. The highest BCUT2D eigenvalue weighted by Gasteiger charge is 2.19. The van der Waals surface area contributed by atoms with Crippen LogP contribution in [0.5, 0.6) is 11.5 Å². The van der Waals surface area contributed by atoms with Crippen LogP contribution in [-0.4, -0.2) is 24.2 Å². The molecule has 3 heterocycles. The van der Waals surface area contributed by atoms with Crippen molar-refractivity contribution >= 4 is 33.7 Å². The largest absolute Gasteiger partial charge is 0.497 e. The van der Waals surface area contributed by atoms with E-state index < -0.39 is 0 Å². The molecule has 4 nitrogen and oxygen atoms in total. The zero-order valence-electron chi connectivity index (χ0n) is 19.8. The third kappa shape index (κ3) is 4.04. The fraction of sp³-hybridized carbons (Fsp3) is 0.0667. The summed E-state index contributed by atoms with van der Waals surface area (Å²) in [5.41, 5.74) is 7.59. The van der Waals surface area contributed by atoms with Crippen molar-refractivity contribution in [1.82, 2.24) is 9.97 Å². The Hall–Kier alpha value is -4.00. The van der Waals surface area contributed by atoms with Gasteiger partial charge in [0.15, 0.2) is 0 Å². The average molecular weight is 507 g/mol. The molecule has 0 N–H and O–H groups in total. The second kappa shape index (κ2) is 9.57. The average Bonchev–Trinajstić information content (AvgIpc) is 3.67. The molecule has 0 atom stereocenters. The van der Waals surface area contributed by atoms with E-state index in [2.05, 4.69) is 47.2 Å². The SMILES string of the molecule is COc1ccc(-c2nc3c(-c4cccs4)ccc(-c4cccs4)c3nc2-c2ccc(OC)cc2)cc1. The third-order valence-corrected chi connectivity index (χ3v) is 7.93. The van der Waals surface area contributed by atoms with E-state index in [1.165, 1.54) is 9.75 Å². The first-order chi connectivity index (χ1) is 17.7. The first kappa shape index (κ1) is 22.5. The third-order valence-electron chi connectivity index (χ3n) is 6.12. The molecular weight excluding hydrogens is 484 g/mol. The van der Waals surface area contributed by atoms with E-state index >= 15 is 0 Å². The van der Waals surface area contributed by atoms with Crippen LogP contribution in [-0.2, 0) is 0 Å². The number of methoxy groups -OCH3 is 2. The van der Waals surface area contributed by atoms with Gasteiger partial charge < -0.3 is 9.47 Å². The van der Waals surface area contributed by atoms with Crippen molar-refractivity contribution < 1.29 is 9.47 Å². The van der Waals surface area contributed by atoms with Gasteiger partial charge in [0.1, 0.15) is 11.5 Å². The monoisotopic (exact) mass is 506 g/mol. The van der Waals surface area contributed by atoms with Crippen molar-refractivity contribution in [3.63, 3.8) is 0 Å². The van der Waals surface area contributed by atoms with Gasteiger partial charge in [0, 0.05) is 32.0 Å². The lowest BCUT2D eigenvalue weighted by molar-refractivity contribution is 0.414. The molecule has 6 aromatic rings. The van der Waals surface area contributed by atoms with Gasteiger partial charge in [-0.25, -0.2) is 9.97 Å². The van der Waals surface area contributed by atoms with Crippen molar-refractivity contribution in [2.75, 3.05) is 14.2 Å². The van der Waals surface area contributed by atoms with Gasteiger partial charge in [-0.3, -0.25) is 0 Å². The minimum absolute atomic E-state index is 0.803. The van der Waals surface area contributed by atoms with E-state index in [-0.39, 0.29) is 0 Å². The van der Waals surface area contributed by atoms with E-state index in [1.54, 1.807) is 36.9 Å². The molecule has 0 fully saturated rings. The number of hydrogen-bond acceptors (Lipinski definition) is 6. The Kier molecular flexibility index (Phi) is 5.97. The number of aromatic nitrogens is 2. The highest BCUT2D eigenvalue weighted by molar-refractivity contribution is 7.14. The molecule has 0 spiro atoms. The first-order valence-electron chi connectivity index (χ1n) is 11.5. The second-order valence-electron chi connectivity index (χ2n) is 8.19. The van der Waals surface area contributed by atoms with Crippen LogP contribution in [0.3, 0.4) is 0 Å². The van der Waals surface area contributed by atoms with Crippen LogP contribution in [0.25, 0.3) is 54.4 Å². The van der Waals surface area contributed by atoms with Crippen molar-refractivity contribution in [2.24, 2.45) is 0 Å². The Morgan fingerprint density at radius 3 is 1.28 bits per heavy atom. The fourth-order valence-electron chi connectivity index (χ4n) is 4.30. The summed E-state index contributed by atoms with van der Waals surface area (Å²) in [4.78, 5) is 13.0. The summed E-state index contributed by atoms with van der Waals surface area (Å²) in [5, 5.41) is 4.19. The molecule has 0 amide bonds. The lowest BCUT2D eigenvalue weighted by Gasteiger charge is -2.15. The fourth-order valence-corrected chi connectivity index (χ4v) is 5.80. The molecule has 176 valence electrons. The quantitative estimate of drug-likeness (QED) is 0.227. The Balaban J connectivity index is 1.68. The van der Waals surface area contributed by atoms with Gasteiger partial charge in [0.2, 0.25) is 0 Å². The molecular formula is C30H22N2O2S2. The van der Waals surface area contributed by atoms with Gasteiger partial charge in [0.05, 0.1) is 36.6 Å². The molecule has 0 saturated carbocycles. The van der Waals surface area contributed by atoms with E-state index in [0.717, 1.165) is 56.2 Å². The van der Waals surface area contributed by atoms with Gasteiger partial charge >= 0.3 is 0 Å². The van der Waals surface area contributed by atoms with Gasteiger partial charge in [0.25, 0.3) is 0 Å². The minimum atomic E-state index is 0.803. The maximum absolute atomic E-state index is 5.39. The molecule has 6 rings (SSSR count). The number of thiophene rings is 2. The molecule has 0 aliphatic heterocycles. The lowest BCUT2D eigenvalue weighted by atomic mass is 10.0. The first-order valence-corrected chi connectivity index (χ1v) is 13.2. The molecule has 6 heteroatoms. The summed E-state index contributed by atoms with van der Waals surface area (Å²) in [6, 6.07) is 28.7. The molecule has 0 aliphatic carbocycles. The van der Waals surface area contributed by atoms with Crippen LogP contribution in [0, 0.1) is 0 Å². The molecule has 0 unspecified atom stereocenters. The predicted molar refractivity (Wildman–Crippen MR) is 150 cm³/mol. The Morgan fingerprint density at radius 2 is 0.944 bits per heavy atom. The van der Waals surface area contributed by atoms with Crippen molar-refractivity contribution in [2.45, 2.75) is 0 Å². The van der Waals surface area contributed by atoms with Crippen molar-refractivity contribution in [3.8, 4) is 54.9 Å². The normalized spacial score (nSPS) is 11.1. The maximum Gasteiger partial charge on any atom is 0.118 e. The minimum Gasteiger partial charge on any atom is -0.497 e. The Labute approximate surface area is 217 Å². The van der Waals surface area contributed by atoms with Gasteiger partial charge in [-0.2, -0.15) is 0 Å². The zero-order chi connectivity index (χ0) is 24.5. The highest BCUT2D eigenvalue weighted by atomic mass is 32.1. The van der Waals surface area contributed by atoms with Crippen molar-refractivity contribution in [1.29, 1.82) is 0 Å². The van der Waals surface area contributed by atoms with Crippen LogP contribution >= 0.6 is 22.7 Å². The molecule has 3 aromatic carbocycles. The van der Waals surface area contributed by atoms with Gasteiger partial charge in [-0.1, -0.05) is 24.3 Å². The lowest BCUT2D eigenvalue weighted by Crippen LogP contribution is -1.98.